The van der Waals surface area contributed by atoms with Crippen LogP contribution in [-0.2, 0) is 24.3 Å². The first-order chi connectivity index (χ1) is 15.5. The summed E-state index contributed by atoms with van der Waals surface area (Å²) in [5.74, 6) is 0.871. The van der Waals surface area contributed by atoms with Crippen LogP contribution < -0.4 is 10.1 Å². The van der Waals surface area contributed by atoms with E-state index in [4.69, 9.17) is 14.2 Å². The number of benzene rings is 1. The quantitative estimate of drug-likeness (QED) is 0.482. The number of morpholine rings is 1. The van der Waals surface area contributed by atoms with Crippen LogP contribution in [0.2, 0.25) is 0 Å². The van der Waals surface area contributed by atoms with Gasteiger partial charge < -0.3 is 19.5 Å². The Balaban J connectivity index is 1.36. The van der Waals surface area contributed by atoms with Crippen molar-refractivity contribution in [1.82, 2.24) is 14.5 Å². The number of methoxy groups -OCH3 is 1. The van der Waals surface area contributed by atoms with Crippen molar-refractivity contribution in [3.05, 3.63) is 24.3 Å². The number of nitrogens with one attached hydrogen (secondary N) is 1. The first-order valence-corrected chi connectivity index (χ1v) is 12.7. The molecule has 0 aromatic heterocycles. The lowest BCUT2D eigenvalue weighted by molar-refractivity contribution is -0.126. The number of hydrogen-bond acceptors (Lipinski definition) is 7. The number of carbonyl (C=O) groups is 1. The Hall–Kier alpha value is -1.72. The minimum Gasteiger partial charge on any atom is -0.492 e. The lowest BCUT2D eigenvalue weighted by Gasteiger charge is -2.31. The van der Waals surface area contributed by atoms with E-state index in [1.807, 2.05) is 0 Å². The first kappa shape index (κ1) is 24.9. The van der Waals surface area contributed by atoms with Crippen LogP contribution in [0.15, 0.2) is 29.2 Å². The highest BCUT2D eigenvalue weighted by atomic mass is 32.2. The molecule has 0 atom stereocenters. The minimum atomic E-state index is -3.49. The molecular weight excluding hydrogens is 434 g/mol. The van der Waals surface area contributed by atoms with Crippen molar-refractivity contribution in [3.8, 4) is 5.75 Å². The SMILES string of the molecule is COCCCNC(=O)C1CCN(CCOc2ccc(S(=O)(=O)N3CCOCC3)cc2)CC1. The zero-order valence-corrected chi connectivity index (χ0v) is 19.6. The maximum atomic E-state index is 12.7. The number of piperidine rings is 1. The summed E-state index contributed by atoms with van der Waals surface area (Å²) in [5.41, 5.74) is 0. The molecule has 10 heteroatoms. The predicted molar refractivity (Wildman–Crippen MR) is 120 cm³/mol. The average Bonchev–Trinajstić information content (AvgIpc) is 2.83. The van der Waals surface area contributed by atoms with Crippen LogP contribution in [0.25, 0.3) is 0 Å². The first-order valence-electron chi connectivity index (χ1n) is 11.3. The van der Waals surface area contributed by atoms with Crippen molar-refractivity contribution >= 4 is 15.9 Å². The third-order valence-electron chi connectivity index (χ3n) is 5.89. The van der Waals surface area contributed by atoms with Gasteiger partial charge in [-0.3, -0.25) is 9.69 Å². The van der Waals surface area contributed by atoms with Gasteiger partial charge in [0.05, 0.1) is 18.1 Å². The third kappa shape index (κ3) is 7.14. The molecule has 2 heterocycles. The molecule has 1 N–H and O–H groups in total. The summed E-state index contributed by atoms with van der Waals surface area (Å²) in [7, 11) is -1.83. The Morgan fingerprint density at radius 3 is 2.44 bits per heavy atom. The van der Waals surface area contributed by atoms with Crippen LogP contribution in [0, 0.1) is 5.92 Å². The van der Waals surface area contributed by atoms with Crippen LogP contribution in [-0.4, -0.2) is 96.3 Å². The fourth-order valence-electron chi connectivity index (χ4n) is 3.93. The number of nitrogens with zero attached hydrogens (tertiary/aromatic N) is 2. The van der Waals surface area contributed by atoms with Crippen molar-refractivity contribution in [2.24, 2.45) is 5.92 Å². The summed E-state index contributed by atoms with van der Waals surface area (Å²) in [6.07, 6.45) is 2.53. The van der Waals surface area contributed by atoms with Gasteiger partial charge in [0.15, 0.2) is 0 Å². The molecule has 2 fully saturated rings. The summed E-state index contributed by atoms with van der Waals surface area (Å²) in [5, 5.41) is 2.99. The smallest absolute Gasteiger partial charge is 0.243 e. The second kappa shape index (κ2) is 12.5. The second-order valence-corrected chi connectivity index (χ2v) is 10.0. The molecular formula is C22H35N3O6S. The molecule has 0 bridgehead atoms. The largest absolute Gasteiger partial charge is 0.492 e. The lowest BCUT2D eigenvalue weighted by Crippen LogP contribution is -2.42. The Kier molecular flexibility index (Phi) is 9.73. The number of carbonyl (C=O) groups excluding carboxylic acids is 1. The van der Waals surface area contributed by atoms with Crippen LogP contribution in [0.3, 0.4) is 0 Å². The highest BCUT2D eigenvalue weighted by Crippen LogP contribution is 2.21. The van der Waals surface area contributed by atoms with Gasteiger partial charge in [-0.1, -0.05) is 0 Å². The Morgan fingerprint density at radius 2 is 1.78 bits per heavy atom. The fourth-order valence-corrected chi connectivity index (χ4v) is 5.34. The number of rotatable bonds is 11. The maximum Gasteiger partial charge on any atom is 0.243 e. The summed E-state index contributed by atoms with van der Waals surface area (Å²) in [4.78, 5) is 14.8. The molecule has 0 unspecified atom stereocenters. The maximum absolute atomic E-state index is 12.7. The fraction of sp³-hybridized carbons (Fsp3) is 0.682. The van der Waals surface area contributed by atoms with Gasteiger partial charge >= 0.3 is 0 Å². The zero-order valence-electron chi connectivity index (χ0n) is 18.8. The standard InChI is InChI=1S/C22H35N3O6S/c1-29-15-2-9-23-22(26)19-7-10-24(11-8-19)12-18-31-20-3-5-21(6-4-20)32(27,28)25-13-16-30-17-14-25/h3-6,19H,2,7-18H2,1H3,(H,23,26). The van der Waals surface area contributed by atoms with E-state index in [0.717, 1.165) is 38.9 Å². The van der Waals surface area contributed by atoms with E-state index in [9.17, 15) is 13.2 Å². The highest BCUT2D eigenvalue weighted by molar-refractivity contribution is 7.89. The van der Waals surface area contributed by atoms with Gasteiger partial charge in [0.2, 0.25) is 15.9 Å². The van der Waals surface area contributed by atoms with E-state index < -0.39 is 10.0 Å². The van der Waals surface area contributed by atoms with Gasteiger partial charge in [0.25, 0.3) is 0 Å². The molecule has 180 valence electrons. The summed E-state index contributed by atoms with van der Waals surface area (Å²) in [6, 6.07) is 6.59. The molecule has 9 nitrogen and oxygen atoms in total. The van der Waals surface area contributed by atoms with Crippen molar-refractivity contribution in [1.29, 1.82) is 0 Å². The number of sulfonamides is 1. The normalized spacial score (nSPS) is 19.0. The van der Waals surface area contributed by atoms with Gasteiger partial charge in [-0.05, 0) is 56.6 Å². The van der Waals surface area contributed by atoms with Crippen molar-refractivity contribution in [2.45, 2.75) is 24.2 Å². The average molecular weight is 470 g/mol. The predicted octanol–water partition coefficient (Wildman–Crippen LogP) is 0.951. The van der Waals surface area contributed by atoms with Gasteiger partial charge in [-0.15, -0.1) is 0 Å². The molecule has 2 aliphatic rings. The van der Waals surface area contributed by atoms with Gasteiger partial charge in [0.1, 0.15) is 12.4 Å². The number of ether oxygens (including phenoxy) is 3. The Morgan fingerprint density at radius 1 is 1.09 bits per heavy atom. The van der Waals surface area contributed by atoms with E-state index in [1.54, 1.807) is 31.4 Å². The lowest BCUT2D eigenvalue weighted by atomic mass is 9.96. The van der Waals surface area contributed by atoms with Crippen LogP contribution in [0.1, 0.15) is 19.3 Å². The van der Waals surface area contributed by atoms with E-state index >= 15 is 0 Å². The molecule has 1 amide bonds. The van der Waals surface area contributed by atoms with Crippen LogP contribution in [0.5, 0.6) is 5.75 Å². The third-order valence-corrected chi connectivity index (χ3v) is 7.80. The summed E-state index contributed by atoms with van der Waals surface area (Å²) < 4.78 is 42.8. The second-order valence-electron chi connectivity index (χ2n) is 8.09. The molecule has 0 spiro atoms. The number of amides is 1. The van der Waals surface area contributed by atoms with E-state index in [1.165, 1.54) is 4.31 Å². The molecule has 2 aliphatic heterocycles. The molecule has 0 aliphatic carbocycles. The van der Waals surface area contributed by atoms with E-state index in [0.29, 0.717) is 51.8 Å². The van der Waals surface area contributed by atoms with Crippen LogP contribution >= 0.6 is 0 Å². The molecule has 1 aromatic rings. The monoisotopic (exact) mass is 469 g/mol. The molecule has 3 rings (SSSR count). The van der Waals surface area contributed by atoms with E-state index in [2.05, 4.69) is 10.2 Å². The van der Waals surface area contributed by atoms with Crippen molar-refractivity contribution in [2.75, 3.05) is 72.8 Å². The topological polar surface area (TPSA) is 97.4 Å². The Labute approximate surface area is 191 Å². The minimum absolute atomic E-state index is 0.0793. The van der Waals surface area contributed by atoms with E-state index in [-0.39, 0.29) is 16.7 Å². The van der Waals surface area contributed by atoms with Gasteiger partial charge in [-0.25, -0.2) is 8.42 Å². The van der Waals surface area contributed by atoms with Gasteiger partial charge in [-0.2, -0.15) is 4.31 Å². The molecule has 2 saturated heterocycles. The molecule has 1 aromatic carbocycles. The van der Waals surface area contributed by atoms with Gasteiger partial charge in [0, 0.05) is 45.8 Å². The van der Waals surface area contributed by atoms with Crippen LogP contribution in [0.4, 0.5) is 0 Å². The zero-order chi connectivity index (χ0) is 22.8. The van der Waals surface area contributed by atoms with Crippen molar-refractivity contribution in [3.63, 3.8) is 0 Å². The number of likely N-dealkylation sites (tertiary alicyclic amines) is 1. The molecule has 32 heavy (non-hydrogen) atoms. The number of hydrogen-bond donors (Lipinski definition) is 1. The van der Waals surface area contributed by atoms with Crippen molar-refractivity contribution < 1.29 is 27.4 Å². The molecule has 0 saturated carbocycles. The summed E-state index contributed by atoms with van der Waals surface area (Å²) >= 11 is 0. The highest BCUT2D eigenvalue weighted by Gasteiger charge is 2.26. The molecule has 0 radical (unpaired) electrons. The summed E-state index contributed by atoms with van der Waals surface area (Å²) in [6.45, 7) is 5.97. The Bertz CT molecular complexity index is 803.